The molecule has 1 unspecified atom stereocenters. The number of rotatable bonds is 3. The van der Waals surface area contributed by atoms with E-state index in [4.69, 9.17) is 0 Å². The van der Waals surface area contributed by atoms with E-state index >= 15 is 0 Å². The van der Waals surface area contributed by atoms with Crippen LogP contribution in [0.25, 0.3) is 0 Å². The monoisotopic (exact) mass is 204 g/mol. The molecule has 1 aromatic carbocycles. The largest absolute Gasteiger partial charge is 0.0651 e. The lowest BCUT2D eigenvalue weighted by atomic mass is 9.71. The summed E-state index contributed by atoms with van der Waals surface area (Å²) in [5.74, 6) is 0.721. The molecule has 0 saturated heterocycles. The molecule has 0 saturated carbocycles. The average Bonchev–Trinajstić information content (AvgIpc) is 2.15. The third-order valence-electron chi connectivity index (χ3n) is 3.92. The van der Waals surface area contributed by atoms with Gasteiger partial charge in [-0.1, -0.05) is 57.9 Å². The highest BCUT2D eigenvalue weighted by Crippen LogP contribution is 2.35. The summed E-state index contributed by atoms with van der Waals surface area (Å²) in [4.78, 5) is 0. The van der Waals surface area contributed by atoms with Gasteiger partial charge < -0.3 is 0 Å². The lowest BCUT2D eigenvalue weighted by Crippen LogP contribution is -2.27. The molecule has 0 fully saturated rings. The summed E-state index contributed by atoms with van der Waals surface area (Å²) >= 11 is 0. The van der Waals surface area contributed by atoms with Crippen LogP contribution in [0, 0.1) is 19.8 Å². The molecule has 0 aliphatic rings. The first-order valence-electron chi connectivity index (χ1n) is 5.97. The molecular weight excluding hydrogens is 180 g/mol. The number of hydrogen-bond acceptors (Lipinski definition) is 0. The molecule has 84 valence electrons. The lowest BCUT2D eigenvalue weighted by Gasteiger charge is -2.33. The van der Waals surface area contributed by atoms with Gasteiger partial charge in [-0.3, -0.25) is 0 Å². The third-order valence-corrected chi connectivity index (χ3v) is 3.92. The summed E-state index contributed by atoms with van der Waals surface area (Å²) in [6.45, 7) is 13.7. The van der Waals surface area contributed by atoms with E-state index in [0.717, 1.165) is 5.92 Å². The second kappa shape index (κ2) is 4.38. The molecular formula is C15H24. The second-order valence-electron chi connectivity index (χ2n) is 5.35. The highest BCUT2D eigenvalue weighted by Gasteiger charge is 2.27. The highest BCUT2D eigenvalue weighted by molar-refractivity contribution is 5.35. The van der Waals surface area contributed by atoms with E-state index in [1.165, 1.54) is 23.1 Å². The molecule has 1 rings (SSSR count). The van der Waals surface area contributed by atoms with Gasteiger partial charge >= 0.3 is 0 Å². The number of aryl methyl sites for hydroxylation is 2. The summed E-state index contributed by atoms with van der Waals surface area (Å²) in [6, 6.07) is 6.82. The molecule has 0 bridgehead atoms. The Bertz CT molecular complexity index is 334. The first-order valence-corrected chi connectivity index (χ1v) is 5.97. The number of hydrogen-bond donors (Lipinski definition) is 0. The molecule has 0 amide bonds. The molecule has 15 heavy (non-hydrogen) atoms. The van der Waals surface area contributed by atoms with Crippen LogP contribution >= 0.6 is 0 Å². The van der Waals surface area contributed by atoms with Crippen LogP contribution in [0.3, 0.4) is 0 Å². The summed E-state index contributed by atoms with van der Waals surface area (Å²) < 4.78 is 0. The van der Waals surface area contributed by atoms with Crippen molar-refractivity contribution < 1.29 is 0 Å². The smallest absolute Gasteiger partial charge is 0.00754 e. The van der Waals surface area contributed by atoms with Crippen LogP contribution < -0.4 is 0 Å². The van der Waals surface area contributed by atoms with Crippen LogP contribution in [0.4, 0.5) is 0 Å². The van der Waals surface area contributed by atoms with Gasteiger partial charge in [-0.25, -0.2) is 0 Å². The fraction of sp³-hybridized carbons (Fsp3) is 0.600. The van der Waals surface area contributed by atoms with Gasteiger partial charge in [-0.2, -0.15) is 0 Å². The fourth-order valence-corrected chi connectivity index (χ4v) is 2.31. The molecule has 1 aromatic rings. The Kier molecular flexibility index (Phi) is 3.59. The van der Waals surface area contributed by atoms with Crippen molar-refractivity contribution in [3.8, 4) is 0 Å². The van der Waals surface area contributed by atoms with Crippen molar-refractivity contribution in [2.24, 2.45) is 5.92 Å². The molecule has 0 N–H and O–H groups in total. The summed E-state index contributed by atoms with van der Waals surface area (Å²) in [5, 5.41) is 0. The van der Waals surface area contributed by atoms with Gasteiger partial charge in [0.15, 0.2) is 0 Å². The van der Waals surface area contributed by atoms with Gasteiger partial charge in [0.1, 0.15) is 0 Å². The van der Waals surface area contributed by atoms with Crippen LogP contribution in [-0.4, -0.2) is 0 Å². The summed E-state index contributed by atoms with van der Waals surface area (Å²) in [7, 11) is 0. The first kappa shape index (κ1) is 12.3. The van der Waals surface area contributed by atoms with Crippen molar-refractivity contribution in [1.82, 2.24) is 0 Å². The zero-order valence-corrected chi connectivity index (χ0v) is 11.0. The zero-order valence-electron chi connectivity index (χ0n) is 11.0. The maximum atomic E-state index is 2.36. The molecule has 0 aliphatic carbocycles. The van der Waals surface area contributed by atoms with Crippen LogP contribution in [0.2, 0.25) is 0 Å². The van der Waals surface area contributed by atoms with E-state index in [9.17, 15) is 0 Å². The number of benzene rings is 1. The molecule has 0 nitrogen and oxygen atoms in total. The molecule has 0 heteroatoms. The SMILES string of the molecule is CCC(C)C(C)(C)c1ccc(C)cc1C. The Morgan fingerprint density at radius 1 is 1.20 bits per heavy atom. The van der Waals surface area contributed by atoms with Crippen LogP contribution in [-0.2, 0) is 5.41 Å². The Hall–Kier alpha value is -0.780. The van der Waals surface area contributed by atoms with Crippen molar-refractivity contribution in [2.75, 3.05) is 0 Å². The van der Waals surface area contributed by atoms with E-state index in [-0.39, 0.29) is 5.41 Å². The van der Waals surface area contributed by atoms with E-state index in [1.54, 1.807) is 0 Å². The lowest BCUT2D eigenvalue weighted by molar-refractivity contribution is 0.333. The standard InChI is InChI=1S/C15H24/c1-7-13(4)15(5,6)14-9-8-11(2)10-12(14)3/h8-10,13H,7H2,1-6H3. The second-order valence-corrected chi connectivity index (χ2v) is 5.35. The van der Waals surface area contributed by atoms with E-state index in [2.05, 4.69) is 59.7 Å². The van der Waals surface area contributed by atoms with Gasteiger partial charge in [-0.05, 0) is 36.3 Å². The molecule has 0 radical (unpaired) electrons. The predicted molar refractivity (Wildman–Crippen MR) is 68.4 cm³/mol. The van der Waals surface area contributed by atoms with Crippen molar-refractivity contribution >= 4 is 0 Å². The van der Waals surface area contributed by atoms with E-state index in [0.29, 0.717) is 0 Å². The Labute approximate surface area is 94.7 Å². The minimum atomic E-state index is 0.284. The minimum absolute atomic E-state index is 0.284. The summed E-state index contributed by atoms with van der Waals surface area (Å²) in [6.07, 6.45) is 1.24. The maximum Gasteiger partial charge on any atom is -0.00754 e. The van der Waals surface area contributed by atoms with Crippen molar-refractivity contribution in [2.45, 2.75) is 53.4 Å². The topological polar surface area (TPSA) is 0 Å². The Morgan fingerprint density at radius 3 is 2.27 bits per heavy atom. The van der Waals surface area contributed by atoms with Crippen LogP contribution in [0.15, 0.2) is 18.2 Å². The Balaban J connectivity index is 3.15. The quantitative estimate of drug-likeness (QED) is 0.673. The maximum absolute atomic E-state index is 2.36. The third kappa shape index (κ3) is 2.42. The molecule has 0 heterocycles. The van der Waals surface area contributed by atoms with Gasteiger partial charge in [0.2, 0.25) is 0 Å². The fourth-order valence-electron chi connectivity index (χ4n) is 2.31. The zero-order chi connectivity index (χ0) is 11.6. The van der Waals surface area contributed by atoms with Crippen molar-refractivity contribution in [3.63, 3.8) is 0 Å². The molecule has 0 aliphatic heterocycles. The molecule has 1 atom stereocenters. The summed E-state index contributed by atoms with van der Waals surface area (Å²) in [5.41, 5.74) is 4.57. The Morgan fingerprint density at radius 2 is 1.80 bits per heavy atom. The van der Waals surface area contributed by atoms with Crippen LogP contribution in [0.5, 0.6) is 0 Å². The van der Waals surface area contributed by atoms with Crippen molar-refractivity contribution in [1.29, 1.82) is 0 Å². The first-order chi connectivity index (χ1) is 6.89. The van der Waals surface area contributed by atoms with E-state index < -0.39 is 0 Å². The predicted octanol–water partition coefficient (Wildman–Crippen LogP) is 4.63. The van der Waals surface area contributed by atoms with E-state index in [1.807, 2.05) is 0 Å². The highest BCUT2D eigenvalue weighted by atomic mass is 14.3. The van der Waals surface area contributed by atoms with Crippen LogP contribution in [0.1, 0.15) is 50.8 Å². The molecule has 0 aromatic heterocycles. The van der Waals surface area contributed by atoms with Gasteiger partial charge in [0, 0.05) is 0 Å². The molecule has 0 spiro atoms. The average molecular weight is 204 g/mol. The van der Waals surface area contributed by atoms with Gasteiger partial charge in [0.25, 0.3) is 0 Å². The minimum Gasteiger partial charge on any atom is -0.0651 e. The normalized spacial score (nSPS) is 14.0. The van der Waals surface area contributed by atoms with Gasteiger partial charge in [0.05, 0.1) is 0 Å². The van der Waals surface area contributed by atoms with Crippen molar-refractivity contribution in [3.05, 3.63) is 34.9 Å². The van der Waals surface area contributed by atoms with Gasteiger partial charge in [-0.15, -0.1) is 0 Å².